The van der Waals surface area contributed by atoms with Crippen molar-refractivity contribution >= 4 is 0 Å². The van der Waals surface area contributed by atoms with Crippen LogP contribution >= 0.6 is 0 Å². The van der Waals surface area contributed by atoms with E-state index >= 15 is 0 Å². The number of ether oxygens (including phenoxy) is 4. The molecule has 0 amide bonds. The Labute approximate surface area is 567 Å². The number of hydrogen-bond donors (Lipinski definition) is 0. The Morgan fingerprint density at radius 2 is 0.438 bits per heavy atom. The van der Waals surface area contributed by atoms with Crippen molar-refractivity contribution in [3.63, 3.8) is 0 Å². The maximum absolute atomic E-state index is 6.26. The van der Waals surface area contributed by atoms with Crippen molar-refractivity contribution in [3.05, 3.63) is 0 Å². The lowest BCUT2D eigenvalue weighted by molar-refractivity contribution is -0.0469. The Morgan fingerprint density at radius 1 is 0.225 bits per heavy atom. The van der Waals surface area contributed by atoms with Crippen molar-refractivity contribution in [1.82, 2.24) is 0 Å². The number of rotatable bonds is 58. The highest BCUT2D eigenvalue weighted by Gasteiger charge is 2.23. The highest BCUT2D eigenvalue weighted by molar-refractivity contribution is 4.74. The molecule has 0 bridgehead atoms. The molecule has 542 valence electrons. The van der Waals surface area contributed by atoms with Gasteiger partial charge in [0.25, 0.3) is 0 Å². The van der Waals surface area contributed by atoms with Gasteiger partial charge in [0, 0.05) is 39.6 Å². The van der Waals surface area contributed by atoms with Crippen molar-refractivity contribution in [2.75, 3.05) is 39.6 Å². The molecule has 0 aliphatic rings. The molecule has 0 fully saturated rings. The van der Waals surface area contributed by atoms with Gasteiger partial charge in [0.1, 0.15) is 0 Å². The van der Waals surface area contributed by atoms with Crippen LogP contribution in [0.15, 0.2) is 0 Å². The highest BCUT2D eigenvalue weighted by atomic mass is 16.5. The zero-order chi connectivity index (χ0) is 68.5. The summed E-state index contributed by atoms with van der Waals surface area (Å²) in [6, 6.07) is 0. The standard InChI is InChI=1S/C25H52O.3C20H42O/c1-21(2)11-8-13-23(5)15-10-16-25(7)18-20-26-19-17-24(6)14-9-12-22(3)4;1-17(2)9-7-11-19(5)13-15-21-16-14-20(6)12-8-10-18(3)4;1-8-20(7,15-10-12-18(4)5)21-16-14-19(6)13-9-11-17(2)3;1-8-18(4)13-10-15-20(6,7)21-16-14-19(5)12-9-11-17(2)3/h21-25H,8-20H2,1-7H3;17-20H,7-16H2,1-6H3;2*17-19H,8-16H2,1-7H3. The van der Waals surface area contributed by atoms with E-state index in [0.29, 0.717) is 0 Å². The fourth-order valence-corrected chi connectivity index (χ4v) is 11.8. The van der Waals surface area contributed by atoms with Gasteiger partial charge in [-0.3, -0.25) is 0 Å². The van der Waals surface area contributed by atoms with Gasteiger partial charge in [-0.15, -0.1) is 0 Å². The second-order valence-electron chi connectivity index (χ2n) is 34.5. The molecule has 0 saturated carbocycles. The van der Waals surface area contributed by atoms with E-state index < -0.39 is 0 Å². The molecule has 0 aromatic heterocycles. The highest BCUT2D eigenvalue weighted by Crippen LogP contribution is 2.28. The van der Waals surface area contributed by atoms with E-state index in [1.165, 1.54) is 218 Å². The fraction of sp³-hybridized carbons (Fsp3) is 1.00. The Bertz CT molecular complexity index is 1340. The molecule has 0 aromatic rings. The maximum Gasteiger partial charge on any atom is 0.0651 e. The predicted octanol–water partition coefficient (Wildman–Crippen LogP) is 28.9. The third-order valence-corrected chi connectivity index (χ3v) is 19.9. The van der Waals surface area contributed by atoms with E-state index in [1.807, 2.05) is 0 Å². The minimum absolute atomic E-state index is 0.0606. The van der Waals surface area contributed by atoms with E-state index in [1.54, 1.807) is 0 Å². The molecule has 9 atom stereocenters. The van der Waals surface area contributed by atoms with Crippen molar-refractivity contribution < 1.29 is 18.9 Å². The number of hydrogen-bond acceptors (Lipinski definition) is 4. The van der Waals surface area contributed by atoms with Crippen LogP contribution in [0.1, 0.15) is 412 Å². The van der Waals surface area contributed by atoms with E-state index in [2.05, 4.69) is 187 Å². The van der Waals surface area contributed by atoms with Gasteiger partial charge in [-0.25, -0.2) is 0 Å². The molecular formula is C85H178O4. The van der Waals surface area contributed by atoms with E-state index in [4.69, 9.17) is 18.9 Å². The Kier molecular flexibility index (Phi) is 68.3. The minimum Gasteiger partial charge on any atom is -0.381 e. The summed E-state index contributed by atoms with van der Waals surface area (Å²) in [6.45, 7) is 68.6. The summed E-state index contributed by atoms with van der Waals surface area (Å²) in [5.74, 6) is 12.6. The zero-order valence-electron chi connectivity index (χ0n) is 67.3. The molecule has 0 aliphatic heterocycles. The first-order valence-electron chi connectivity index (χ1n) is 40.2. The SMILES string of the molecule is CC(C)CCCC(C)CCCC(C)CCOCCC(C)CCCC(C)C.CC(C)CCCC(C)CCOCCC(C)CCCC(C)C.CCC(C)(CCCC(C)C)OCCC(C)CCCC(C)C.CCC(C)CCCC(C)(C)OCCC(C)CCCC(C)C. The summed E-state index contributed by atoms with van der Waals surface area (Å²) in [4.78, 5) is 0. The molecule has 0 aromatic carbocycles. The predicted molar refractivity (Wildman–Crippen MR) is 406 cm³/mol. The fourth-order valence-electron chi connectivity index (χ4n) is 11.8. The lowest BCUT2D eigenvalue weighted by atomic mass is 9.93. The smallest absolute Gasteiger partial charge is 0.0651 e. The molecular weight excluding hydrogens is 1080 g/mol. The van der Waals surface area contributed by atoms with Crippen molar-refractivity contribution in [3.8, 4) is 0 Å². The van der Waals surface area contributed by atoms with Crippen LogP contribution in [-0.2, 0) is 18.9 Å². The maximum atomic E-state index is 6.26. The van der Waals surface area contributed by atoms with E-state index in [-0.39, 0.29) is 11.2 Å². The van der Waals surface area contributed by atoms with Crippen LogP contribution in [0.2, 0.25) is 0 Å². The average Bonchev–Trinajstić information content (AvgIpc) is 3.65. The molecule has 89 heavy (non-hydrogen) atoms. The van der Waals surface area contributed by atoms with Crippen LogP contribution in [0.4, 0.5) is 0 Å². The molecule has 0 radical (unpaired) electrons. The Balaban J connectivity index is -0.000000544. The molecule has 0 rings (SSSR count). The summed E-state index contributed by atoms with van der Waals surface area (Å²) in [5.41, 5.74) is 0.164. The second kappa shape index (κ2) is 63.9. The summed E-state index contributed by atoms with van der Waals surface area (Å²) in [5, 5.41) is 0. The third-order valence-electron chi connectivity index (χ3n) is 19.9. The van der Waals surface area contributed by atoms with Crippen LogP contribution in [0.25, 0.3) is 0 Å². The van der Waals surface area contributed by atoms with Crippen LogP contribution in [0, 0.1) is 88.8 Å². The topological polar surface area (TPSA) is 36.9 Å². The molecule has 4 nitrogen and oxygen atoms in total. The van der Waals surface area contributed by atoms with Crippen molar-refractivity contribution in [2.45, 2.75) is 423 Å². The first-order chi connectivity index (χ1) is 41.8. The van der Waals surface area contributed by atoms with E-state index in [9.17, 15) is 0 Å². The molecule has 0 heterocycles. The quantitative estimate of drug-likeness (QED) is 0.0569. The van der Waals surface area contributed by atoms with Crippen LogP contribution < -0.4 is 0 Å². The van der Waals surface area contributed by atoms with Gasteiger partial charge in [0.2, 0.25) is 0 Å². The molecule has 0 aliphatic carbocycles. The first kappa shape index (κ1) is 95.2. The molecule has 0 saturated heterocycles. The van der Waals surface area contributed by atoms with Gasteiger partial charge in [0.05, 0.1) is 11.2 Å². The normalized spacial score (nSPS) is 15.6. The van der Waals surface area contributed by atoms with Gasteiger partial charge in [-0.1, -0.05) is 333 Å². The zero-order valence-corrected chi connectivity index (χ0v) is 67.3. The van der Waals surface area contributed by atoms with Gasteiger partial charge >= 0.3 is 0 Å². The first-order valence-corrected chi connectivity index (χ1v) is 40.2. The minimum atomic E-state index is 0.0606. The van der Waals surface area contributed by atoms with Gasteiger partial charge in [0.15, 0.2) is 0 Å². The lowest BCUT2D eigenvalue weighted by Crippen LogP contribution is -2.29. The molecule has 0 N–H and O–H groups in total. The van der Waals surface area contributed by atoms with E-state index in [0.717, 1.165) is 135 Å². The second-order valence-corrected chi connectivity index (χ2v) is 34.5. The van der Waals surface area contributed by atoms with Gasteiger partial charge in [-0.05, 0) is 167 Å². The van der Waals surface area contributed by atoms with Crippen LogP contribution in [0.5, 0.6) is 0 Å². The Hall–Kier alpha value is -0.160. The van der Waals surface area contributed by atoms with Crippen molar-refractivity contribution in [2.24, 2.45) is 88.8 Å². The molecule has 9 unspecified atom stereocenters. The van der Waals surface area contributed by atoms with Crippen LogP contribution in [0.3, 0.4) is 0 Å². The lowest BCUT2D eigenvalue weighted by Gasteiger charge is -2.30. The summed E-state index contributed by atoms with van der Waals surface area (Å²) >= 11 is 0. The van der Waals surface area contributed by atoms with Gasteiger partial charge < -0.3 is 18.9 Å². The summed E-state index contributed by atoms with van der Waals surface area (Å²) < 4.78 is 24.1. The molecule has 0 spiro atoms. The average molecular weight is 1260 g/mol. The summed E-state index contributed by atoms with van der Waals surface area (Å²) in [6.07, 6.45) is 46.5. The molecule has 4 heteroatoms. The Morgan fingerprint density at radius 3 is 0.697 bits per heavy atom. The third kappa shape index (κ3) is 78.4. The van der Waals surface area contributed by atoms with Crippen molar-refractivity contribution in [1.29, 1.82) is 0 Å². The monoisotopic (exact) mass is 1260 g/mol. The van der Waals surface area contributed by atoms with Crippen LogP contribution in [-0.4, -0.2) is 50.8 Å². The van der Waals surface area contributed by atoms with Gasteiger partial charge in [-0.2, -0.15) is 0 Å². The largest absolute Gasteiger partial charge is 0.381 e. The summed E-state index contributed by atoms with van der Waals surface area (Å²) in [7, 11) is 0.